The van der Waals surface area contributed by atoms with Crippen LogP contribution in [0.5, 0.6) is 0 Å². The molecule has 17 heavy (non-hydrogen) atoms. The molecule has 2 aliphatic rings. The van der Waals surface area contributed by atoms with Crippen molar-refractivity contribution in [1.82, 2.24) is 9.80 Å². The maximum absolute atomic E-state index is 12.0. The van der Waals surface area contributed by atoms with Crippen LogP contribution in [0.4, 0.5) is 0 Å². The molecule has 5 nitrogen and oxygen atoms in total. The summed E-state index contributed by atoms with van der Waals surface area (Å²) in [6.07, 6.45) is 4.09. The summed E-state index contributed by atoms with van der Waals surface area (Å²) in [7, 11) is 0. The summed E-state index contributed by atoms with van der Waals surface area (Å²) in [5, 5.41) is 0. The molecule has 2 amide bonds. The lowest BCUT2D eigenvalue weighted by Gasteiger charge is -2.24. The van der Waals surface area contributed by atoms with Crippen molar-refractivity contribution < 1.29 is 9.59 Å². The molecule has 2 fully saturated rings. The van der Waals surface area contributed by atoms with Gasteiger partial charge in [-0.05, 0) is 19.3 Å². The zero-order valence-corrected chi connectivity index (χ0v) is 10.2. The van der Waals surface area contributed by atoms with E-state index in [9.17, 15) is 9.59 Å². The molecular weight excluding hydrogens is 218 g/mol. The van der Waals surface area contributed by atoms with E-state index in [1.807, 2.05) is 4.90 Å². The average molecular weight is 239 g/mol. The van der Waals surface area contributed by atoms with Crippen molar-refractivity contribution in [3.05, 3.63) is 0 Å². The minimum absolute atomic E-state index is 0.151. The van der Waals surface area contributed by atoms with Gasteiger partial charge in [0.15, 0.2) is 0 Å². The van der Waals surface area contributed by atoms with E-state index < -0.39 is 0 Å². The molecule has 2 saturated heterocycles. The number of carbonyl (C=O) groups is 2. The lowest BCUT2D eigenvalue weighted by Crippen LogP contribution is -2.41. The lowest BCUT2D eigenvalue weighted by molar-refractivity contribution is -0.133. The summed E-state index contributed by atoms with van der Waals surface area (Å²) in [5.41, 5.74) is 5.64. The second-order valence-corrected chi connectivity index (χ2v) is 4.85. The molecular formula is C12H21N3O2. The number of nitrogens with zero attached hydrogens (tertiary/aromatic N) is 2. The summed E-state index contributed by atoms with van der Waals surface area (Å²) < 4.78 is 0. The van der Waals surface area contributed by atoms with Gasteiger partial charge in [0, 0.05) is 45.1 Å². The molecule has 1 atom stereocenters. The van der Waals surface area contributed by atoms with Crippen LogP contribution in [-0.4, -0.2) is 53.8 Å². The Labute approximate surface area is 102 Å². The Morgan fingerprint density at radius 2 is 2.18 bits per heavy atom. The largest absolute Gasteiger partial charge is 0.342 e. The maximum Gasteiger partial charge on any atom is 0.224 e. The molecule has 0 aromatic carbocycles. The van der Waals surface area contributed by atoms with Crippen LogP contribution in [0, 0.1) is 0 Å². The smallest absolute Gasteiger partial charge is 0.224 e. The third kappa shape index (κ3) is 2.77. The van der Waals surface area contributed by atoms with E-state index in [0.29, 0.717) is 25.9 Å². The summed E-state index contributed by atoms with van der Waals surface area (Å²) >= 11 is 0. The SMILES string of the molecule is NC[C@H]1CCCN1C(=O)CCN1CCCC1=O. The molecule has 0 bridgehead atoms. The van der Waals surface area contributed by atoms with E-state index in [2.05, 4.69) is 0 Å². The summed E-state index contributed by atoms with van der Waals surface area (Å²) in [5.74, 6) is 0.340. The van der Waals surface area contributed by atoms with Gasteiger partial charge in [-0.3, -0.25) is 9.59 Å². The number of amides is 2. The Hall–Kier alpha value is -1.10. The van der Waals surface area contributed by atoms with Crippen molar-refractivity contribution in [3.8, 4) is 0 Å². The molecule has 0 saturated carbocycles. The van der Waals surface area contributed by atoms with Gasteiger partial charge in [-0.2, -0.15) is 0 Å². The Morgan fingerprint density at radius 1 is 1.35 bits per heavy atom. The summed E-state index contributed by atoms with van der Waals surface area (Å²) in [6, 6.07) is 0.219. The van der Waals surface area contributed by atoms with Crippen LogP contribution in [0.25, 0.3) is 0 Å². The fourth-order valence-corrected chi connectivity index (χ4v) is 2.72. The number of carbonyl (C=O) groups excluding carboxylic acids is 2. The minimum atomic E-state index is 0.151. The van der Waals surface area contributed by atoms with Crippen molar-refractivity contribution in [1.29, 1.82) is 0 Å². The third-order valence-electron chi connectivity index (χ3n) is 3.74. The highest BCUT2D eigenvalue weighted by molar-refractivity contribution is 5.80. The van der Waals surface area contributed by atoms with Crippen molar-refractivity contribution in [2.24, 2.45) is 5.73 Å². The van der Waals surface area contributed by atoms with E-state index in [0.717, 1.165) is 32.4 Å². The fraction of sp³-hybridized carbons (Fsp3) is 0.833. The first-order chi connectivity index (χ1) is 8.22. The number of rotatable bonds is 4. The van der Waals surface area contributed by atoms with Gasteiger partial charge in [-0.1, -0.05) is 0 Å². The fourth-order valence-electron chi connectivity index (χ4n) is 2.72. The van der Waals surface area contributed by atoms with Crippen LogP contribution < -0.4 is 5.73 Å². The monoisotopic (exact) mass is 239 g/mol. The van der Waals surface area contributed by atoms with Gasteiger partial charge < -0.3 is 15.5 Å². The van der Waals surface area contributed by atoms with Gasteiger partial charge in [0.2, 0.25) is 11.8 Å². The predicted octanol–water partition coefficient (Wildman–Crippen LogP) is -0.0514. The molecule has 0 spiro atoms. The van der Waals surface area contributed by atoms with Crippen molar-refractivity contribution >= 4 is 11.8 Å². The molecule has 0 radical (unpaired) electrons. The molecule has 0 aliphatic carbocycles. The number of hydrogen-bond acceptors (Lipinski definition) is 3. The highest BCUT2D eigenvalue weighted by Gasteiger charge is 2.28. The second-order valence-electron chi connectivity index (χ2n) is 4.85. The van der Waals surface area contributed by atoms with Crippen molar-refractivity contribution in [3.63, 3.8) is 0 Å². The molecule has 5 heteroatoms. The van der Waals surface area contributed by atoms with Gasteiger partial charge in [-0.25, -0.2) is 0 Å². The van der Waals surface area contributed by atoms with Gasteiger partial charge in [-0.15, -0.1) is 0 Å². The van der Waals surface area contributed by atoms with Crippen LogP contribution in [-0.2, 0) is 9.59 Å². The molecule has 2 rings (SSSR count). The van der Waals surface area contributed by atoms with Gasteiger partial charge in [0.25, 0.3) is 0 Å². The molecule has 2 N–H and O–H groups in total. The Balaban J connectivity index is 1.78. The van der Waals surface area contributed by atoms with E-state index in [1.165, 1.54) is 0 Å². The molecule has 2 aliphatic heterocycles. The average Bonchev–Trinajstić information content (AvgIpc) is 2.94. The van der Waals surface area contributed by atoms with Crippen molar-refractivity contribution in [2.45, 2.75) is 38.1 Å². The first kappa shape index (κ1) is 12.4. The van der Waals surface area contributed by atoms with Crippen LogP contribution >= 0.6 is 0 Å². The second kappa shape index (κ2) is 5.49. The van der Waals surface area contributed by atoms with Gasteiger partial charge in [0.1, 0.15) is 0 Å². The zero-order valence-electron chi connectivity index (χ0n) is 10.2. The summed E-state index contributed by atoms with van der Waals surface area (Å²) in [6.45, 7) is 2.76. The number of nitrogens with two attached hydrogens (primary N) is 1. The zero-order chi connectivity index (χ0) is 12.3. The highest BCUT2D eigenvalue weighted by Crippen LogP contribution is 2.18. The minimum Gasteiger partial charge on any atom is -0.342 e. The van der Waals surface area contributed by atoms with E-state index >= 15 is 0 Å². The molecule has 0 aromatic heterocycles. The molecule has 0 unspecified atom stereocenters. The van der Waals surface area contributed by atoms with Gasteiger partial charge in [0.05, 0.1) is 0 Å². The third-order valence-corrected chi connectivity index (χ3v) is 3.74. The molecule has 96 valence electrons. The van der Waals surface area contributed by atoms with Crippen LogP contribution in [0.3, 0.4) is 0 Å². The van der Waals surface area contributed by atoms with E-state index in [1.54, 1.807) is 4.90 Å². The van der Waals surface area contributed by atoms with Crippen LogP contribution in [0.1, 0.15) is 32.1 Å². The van der Waals surface area contributed by atoms with E-state index in [-0.39, 0.29) is 17.9 Å². The Morgan fingerprint density at radius 3 is 2.82 bits per heavy atom. The highest BCUT2D eigenvalue weighted by atomic mass is 16.2. The van der Waals surface area contributed by atoms with Crippen LogP contribution in [0.2, 0.25) is 0 Å². The lowest BCUT2D eigenvalue weighted by atomic mass is 10.2. The quantitative estimate of drug-likeness (QED) is 0.748. The predicted molar refractivity (Wildman–Crippen MR) is 64.2 cm³/mol. The normalized spacial score (nSPS) is 24.8. The molecule has 2 heterocycles. The van der Waals surface area contributed by atoms with E-state index in [4.69, 9.17) is 5.73 Å². The Kier molecular flexibility index (Phi) is 3.99. The standard InChI is InChI=1S/C12H21N3O2/c13-9-10-3-1-7-15(10)12(17)5-8-14-6-2-4-11(14)16/h10H,1-9,13H2/t10-/m1/s1. The summed E-state index contributed by atoms with van der Waals surface area (Å²) in [4.78, 5) is 27.1. The topological polar surface area (TPSA) is 66.6 Å². The number of hydrogen-bond donors (Lipinski definition) is 1. The van der Waals surface area contributed by atoms with Crippen LogP contribution in [0.15, 0.2) is 0 Å². The first-order valence-corrected chi connectivity index (χ1v) is 6.49. The maximum atomic E-state index is 12.0. The first-order valence-electron chi connectivity index (χ1n) is 6.49. The van der Waals surface area contributed by atoms with Gasteiger partial charge >= 0.3 is 0 Å². The van der Waals surface area contributed by atoms with Crippen molar-refractivity contribution in [2.75, 3.05) is 26.2 Å². The number of likely N-dealkylation sites (tertiary alicyclic amines) is 2. The Bertz CT molecular complexity index is 306. The molecule has 0 aromatic rings.